The monoisotopic (exact) mass is 176 g/mol. The summed E-state index contributed by atoms with van der Waals surface area (Å²) in [6.07, 6.45) is 0. The Hall–Kier alpha value is 1.28. The first kappa shape index (κ1) is 12.9. The Balaban J connectivity index is 0. The van der Waals surface area contributed by atoms with E-state index in [2.05, 4.69) is 0 Å². The van der Waals surface area contributed by atoms with Crippen LogP contribution in [-0.4, -0.2) is 56.8 Å². The van der Waals surface area contributed by atoms with Crippen molar-refractivity contribution in [3.8, 4) is 0 Å². The van der Waals surface area contributed by atoms with Crippen molar-refractivity contribution in [1.29, 1.82) is 0 Å². The van der Waals surface area contributed by atoms with Crippen LogP contribution < -0.4 is 0 Å². The Labute approximate surface area is 81.8 Å². The van der Waals surface area contributed by atoms with Crippen LogP contribution >= 0.6 is 0 Å². The van der Waals surface area contributed by atoms with Gasteiger partial charge in [-0.3, -0.25) is 12.9 Å². The van der Waals surface area contributed by atoms with E-state index in [-0.39, 0.29) is 0 Å². The SMILES string of the molecule is FB(F)F.F[C](F)(F)[K]. The summed E-state index contributed by atoms with van der Waals surface area (Å²) in [5.74, 6) is 0. The van der Waals surface area contributed by atoms with Gasteiger partial charge in [0.2, 0.25) is 0 Å². The fourth-order valence-corrected chi connectivity index (χ4v) is 0. The quantitative estimate of drug-likeness (QED) is 0.388. The van der Waals surface area contributed by atoms with E-state index in [0.29, 0.717) is 0 Å². The van der Waals surface area contributed by atoms with Crippen molar-refractivity contribution in [2.75, 3.05) is 0 Å². The summed E-state index contributed by atoms with van der Waals surface area (Å²) in [6, 6.07) is 0. The summed E-state index contributed by atoms with van der Waals surface area (Å²) in [5, 5.41) is 0. The van der Waals surface area contributed by atoms with E-state index in [4.69, 9.17) is 0 Å². The Morgan fingerprint density at radius 3 is 1.00 bits per heavy atom. The molecule has 0 atom stereocenters. The Bertz CT molecular complexity index is 49.8. The number of hydrogen-bond donors (Lipinski definition) is 0. The minimum absolute atomic E-state index is 1.00. The first-order chi connectivity index (χ1) is 3.73. The predicted molar refractivity (Wildman–Crippen MR) is 20.9 cm³/mol. The molecule has 0 heterocycles. The van der Waals surface area contributed by atoms with Crippen molar-refractivity contribution in [3.63, 3.8) is 0 Å². The summed E-state index contributed by atoms with van der Waals surface area (Å²) >= 11 is -1.00. The zero-order valence-corrected chi connectivity index (χ0v) is 7.47. The second kappa shape index (κ2) is 6.02. The van der Waals surface area contributed by atoms with Crippen LogP contribution in [0.2, 0.25) is 0 Å². The first-order valence-electron chi connectivity index (χ1n) is 1.72. The van der Waals surface area contributed by atoms with Crippen LogP contribution in [0.4, 0.5) is 26.1 Å². The van der Waals surface area contributed by atoms with E-state index in [1.165, 1.54) is 0 Å². The van der Waals surface area contributed by atoms with Gasteiger partial charge in [0, 0.05) is 0 Å². The molecule has 0 aliphatic rings. The first-order valence-corrected chi connectivity index (χ1v) is 3.28. The summed E-state index contributed by atoms with van der Waals surface area (Å²) in [7, 11) is -3.67. The molecule has 0 radical (unpaired) electrons. The second-order valence-electron chi connectivity index (χ2n) is 1.03. The molecule has 0 fully saturated rings. The molecule has 0 amide bonds. The van der Waals surface area contributed by atoms with E-state index in [9.17, 15) is 26.1 Å². The van der Waals surface area contributed by atoms with Gasteiger partial charge < -0.3 is 0 Å². The molecule has 0 aromatic carbocycles. The maximum atomic E-state index is 10.4. The van der Waals surface area contributed by atoms with E-state index in [1.807, 2.05) is 0 Å². The third kappa shape index (κ3) is 300. The van der Waals surface area contributed by atoms with E-state index < -0.39 is 56.8 Å². The maximum absolute atomic E-state index is 10.4. The van der Waals surface area contributed by atoms with Crippen molar-refractivity contribution in [2.45, 2.75) is 0.271 Å². The second-order valence-corrected chi connectivity index (χ2v) is 2.80. The van der Waals surface area contributed by atoms with Gasteiger partial charge in [0.1, 0.15) is 0 Å². The minimum atomic E-state index is -3.81. The Morgan fingerprint density at radius 2 is 1.00 bits per heavy atom. The van der Waals surface area contributed by atoms with E-state index in [1.54, 1.807) is 0 Å². The van der Waals surface area contributed by atoms with Gasteiger partial charge in [-0.2, -0.15) is 0 Å². The van der Waals surface area contributed by atoms with Crippen LogP contribution in [0.1, 0.15) is 0 Å². The third-order valence-electron chi connectivity index (χ3n) is 0. The van der Waals surface area contributed by atoms with Crippen molar-refractivity contribution < 1.29 is 26.1 Å². The molecule has 0 saturated heterocycles. The van der Waals surface area contributed by atoms with Crippen molar-refractivity contribution in [2.24, 2.45) is 0 Å². The van der Waals surface area contributed by atoms with Crippen LogP contribution in [0.15, 0.2) is 0 Å². The number of alkyl halides is 3. The summed E-state index contributed by atoms with van der Waals surface area (Å²) in [5.41, 5.74) is 0. The van der Waals surface area contributed by atoms with Gasteiger partial charge >= 0.3 is 69.9 Å². The molecule has 0 saturated carbocycles. The summed E-state index contributed by atoms with van der Waals surface area (Å²) in [4.78, 5) is 0. The molecule has 50 valence electrons. The van der Waals surface area contributed by atoms with Crippen molar-refractivity contribution >= 4 is 56.5 Å². The average Bonchev–Trinajstić information content (AvgIpc) is 1.19. The normalized spacial score (nSPS) is 9.78. The molecule has 0 bridgehead atoms. The zero-order chi connectivity index (χ0) is 8.08. The molecular formula is CBF6K. The molecule has 8 heteroatoms. The van der Waals surface area contributed by atoms with Gasteiger partial charge in [-0.15, -0.1) is 0 Å². The number of halogens is 6. The van der Waals surface area contributed by atoms with Crippen LogP contribution in [-0.2, 0) is 0 Å². The van der Waals surface area contributed by atoms with Gasteiger partial charge in [-0.25, -0.2) is 0 Å². The van der Waals surface area contributed by atoms with E-state index >= 15 is 0 Å². The van der Waals surface area contributed by atoms with Gasteiger partial charge in [-0.05, 0) is 0 Å². The number of rotatable bonds is 0. The molecular weight excluding hydrogens is 176 g/mol. The van der Waals surface area contributed by atoms with Gasteiger partial charge in [-0.1, -0.05) is 0 Å². The van der Waals surface area contributed by atoms with Crippen LogP contribution in [0.25, 0.3) is 0 Å². The summed E-state index contributed by atoms with van der Waals surface area (Å²) < 4.78 is 56.5. The average molecular weight is 176 g/mol. The molecule has 9 heavy (non-hydrogen) atoms. The molecule has 0 aromatic heterocycles. The molecule has 0 aliphatic carbocycles. The van der Waals surface area contributed by atoms with Crippen molar-refractivity contribution in [3.05, 3.63) is 0 Å². The molecule has 0 rings (SSSR count). The third-order valence-corrected chi connectivity index (χ3v) is 0. The topological polar surface area (TPSA) is 0 Å². The molecule has 0 unspecified atom stereocenters. The fraction of sp³-hybridized carbons (Fsp3) is 1.00. The molecule has 0 aliphatic heterocycles. The molecule has 0 spiro atoms. The molecule has 0 aromatic rings. The predicted octanol–water partition coefficient (Wildman–Crippen LogP) is 1.55. The number of hydrogen-bond acceptors (Lipinski definition) is 0. The summed E-state index contributed by atoms with van der Waals surface area (Å²) in [6.45, 7) is 0. The zero-order valence-electron chi connectivity index (χ0n) is 4.35. The fourth-order valence-electron chi connectivity index (χ4n) is 0. The van der Waals surface area contributed by atoms with Crippen molar-refractivity contribution in [1.82, 2.24) is 0 Å². The Kier molecular flexibility index (Phi) is 8.64. The Morgan fingerprint density at radius 1 is 1.00 bits per heavy atom. The van der Waals surface area contributed by atoms with Crippen LogP contribution in [0, 0.1) is 0 Å². The van der Waals surface area contributed by atoms with Crippen LogP contribution in [0.3, 0.4) is 0 Å². The van der Waals surface area contributed by atoms with Gasteiger partial charge in [0.05, 0.1) is 0 Å². The standard InChI is InChI=1S/CF3.BF3.K/c2*2-1(3)4;. The molecule has 0 nitrogen and oxygen atoms in total. The molecule has 0 N–H and O–H groups in total. The van der Waals surface area contributed by atoms with Crippen LogP contribution in [0.5, 0.6) is 0 Å². The van der Waals surface area contributed by atoms with Gasteiger partial charge in [0.25, 0.3) is 0 Å². The van der Waals surface area contributed by atoms with Gasteiger partial charge in [0.15, 0.2) is 0 Å². The van der Waals surface area contributed by atoms with E-state index in [0.717, 1.165) is 0 Å².